The van der Waals surface area contributed by atoms with Gasteiger partial charge >= 0.3 is 6.09 Å². The lowest BCUT2D eigenvalue weighted by atomic mass is 10.2. The number of ether oxygens (including phenoxy) is 1. The number of piperazine rings is 1. The molecule has 1 aliphatic rings. The Hall–Kier alpha value is -2.85. The van der Waals surface area contributed by atoms with E-state index in [1.807, 2.05) is 0 Å². The van der Waals surface area contributed by atoms with Crippen LogP contribution in [0.3, 0.4) is 0 Å². The van der Waals surface area contributed by atoms with Crippen LogP contribution < -0.4 is 27.2 Å². The van der Waals surface area contributed by atoms with Gasteiger partial charge in [0, 0.05) is 37.6 Å². The summed E-state index contributed by atoms with van der Waals surface area (Å²) < 4.78 is 19.8. The van der Waals surface area contributed by atoms with Gasteiger partial charge in [-0.05, 0) is 32.9 Å². The molecule has 0 spiro atoms. The Morgan fingerprint density at radius 1 is 1.36 bits per heavy atom. The van der Waals surface area contributed by atoms with Crippen LogP contribution in [0.1, 0.15) is 20.8 Å². The fourth-order valence-corrected chi connectivity index (χ4v) is 2.61. The van der Waals surface area contributed by atoms with Gasteiger partial charge in [0.05, 0.1) is 17.9 Å². The van der Waals surface area contributed by atoms with Crippen molar-refractivity contribution in [3.05, 3.63) is 35.9 Å². The average molecular weight is 394 g/mol. The Bertz CT molecular complexity index is 777. The number of amides is 2. The van der Waals surface area contributed by atoms with Crippen LogP contribution in [0.4, 0.5) is 20.6 Å². The second-order valence-corrected chi connectivity index (χ2v) is 7.40. The largest absolute Gasteiger partial charge is 0.443 e. The van der Waals surface area contributed by atoms with Gasteiger partial charge in [-0.2, -0.15) is 0 Å². The topological polar surface area (TPSA) is 131 Å². The van der Waals surface area contributed by atoms with Gasteiger partial charge in [-0.25, -0.2) is 19.9 Å². The molecule has 0 atom stereocenters. The van der Waals surface area contributed by atoms with Crippen LogP contribution in [0.2, 0.25) is 0 Å². The Balaban J connectivity index is 2.09. The highest BCUT2D eigenvalue weighted by Crippen LogP contribution is 2.26. The molecule has 1 aromatic rings. The molecular weight excluding hydrogens is 367 g/mol. The van der Waals surface area contributed by atoms with Crippen molar-refractivity contribution >= 4 is 23.4 Å². The molecule has 1 aromatic carbocycles. The van der Waals surface area contributed by atoms with E-state index in [9.17, 15) is 14.0 Å². The molecule has 9 nitrogen and oxygen atoms in total. The van der Waals surface area contributed by atoms with Crippen molar-refractivity contribution in [1.82, 2.24) is 4.90 Å². The number of rotatable bonds is 4. The molecule has 0 saturated carbocycles. The zero-order valence-electron chi connectivity index (χ0n) is 16.3. The maximum atomic E-state index is 14.6. The molecule has 2 amide bonds. The maximum absolute atomic E-state index is 14.6. The number of hydrazine groups is 1. The second-order valence-electron chi connectivity index (χ2n) is 7.40. The lowest BCUT2D eigenvalue weighted by Crippen LogP contribution is -2.53. The molecule has 1 fully saturated rings. The third-order valence-corrected chi connectivity index (χ3v) is 3.95. The molecule has 154 valence electrons. The van der Waals surface area contributed by atoms with E-state index in [1.54, 1.807) is 31.7 Å². The van der Waals surface area contributed by atoms with E-state index in [2.05, 4.69) is 0 Å². The minimum Gasteiger partial charge on any atom is -0.443 e. The number of nitrogens with zero attached hydrogens (tertiary/aromatic N) is 3. The Kier molecular flexibility index (Phi) is 6.47. The standard InChI is InChI=1S/C18H27FN6O3/c1-18(2,3)28-17(27)24-7-6-23(11-16(24)26)15-5-4-13(8-14(15)19)25(22)10-12(21)9-20/h4-5,8,10H,6-7,9,11,20-22H2,1-3H3/b12-10-. The van der Waals surface area contributed by atoms with Crippen LogP contribution in [0.5, 0.6) is 0 Å². The summed E-state index contributed by atoms with van der Waals surface area (Å²) in [4.78, 5) is 27.1. The van der Waals surface area contributed by atoms with Crippen LogP contribution in [0.25, 0.3) is 0 Å². The molecule has 2 rings (SSSR count). The molecule has 1 saturated heterocycles. The summed E-state index contributed by atoms with van der Waals surface area (Å²) in [6.07, 6.45) is 0.702. The van der Waals surface area contributed by atoms with Gasteiger partial charge < -0.3 is 21.1 Å². The fraction of sp³-hybridized carbons (Fsp3) is 0.444. The number of nitrogens with two attached hydrogens (primary N) is 3. The van der Waals surface area contributed by atoms with Gasteiger partial charge in [-0.3, -0.25) is 9.80 Å². The zero-order chi connectivity index (χ0) is 21.1. The Morgan fingerprint density at radius 2 is 2.04 bits per heavy atom. The molecular formula is C18H27FN6O3. The molecule has 0 unspecified atom stereocenters. The highest BCUT2D eigenvalue weighted by atomic mass is 19.1. The summed E-state index contributed by atoms with van der Waals surface area (Å²) in [6.45, 7) is 5.54. The summed E-state index contributed by atoms with van der Waals surface area (Å²) in [7, 11) is 0. The quantitative estimate of drug-likeness (QED) is 0.506. The predicted molar refractivity (Wildman–Crippen MR) is 105 cm³/mol. The number of imide groups is 1. The number of hydrogen-bond donors (Lipinski definition) is 3. The van der Waals surface area contributed by atoms with E-state index < -0.39 is 23.4 Å². The number of anilines is 2. The van der Waals surface area contributed by atoms with Crippen LogP contribution in [0.15, 0.2) is 30.1 Å². The summed E-state index contributed by atoms with van der Waals surface area (Å²) >= 11 is 0. The van der Waals surface area contributed by atoms with Crippen molar-refractivity contribution in [2.75, 3.05) is 36.1 Å². The number of halogens is 1. The van der Waals surface area contributed by atoms with Gasteiger partial charge in [-0.15, -0.1) is 0 Å². The third kappa shape index (κ3) is 5.33. The smallest absolute Gasteiger partial charge is 0.417 e. The maximum Gasteiger partial charge on any atom is 0.417 e. The predicted octanol–water partition coefficient (Wildman–Crippen LogP) is 0.848. The van der Waals surface area contributed by atoms with E-state index >= 15 is 0 Å². The highest BCUT2D eigenvalue weighted by Gasteiger charge is 2.32. The van der Waals surface area contributed by atoms with Crippen molar-refractivity contribution in [1.29, 1.82) is 0 Å². The fourth-order valence-electron chi connectivity index (χ4n) is 2.61. The lowest BCUT2D eigenvalue weighted by Gasteiger charge is -2.35. The zero-order valence-corrected chi connectivity index (χ0v) is 16.3. The first kappa shape index (κ1) is 21.5. The molecule has 1 aliphatic heterocycles. The van der Waals surface area contributed by atoms with Gasteiger partial charge in [0.1, 0.15) is 11.4 Å². The van der Waals surface area contributed by atoms with Crippen molar-refractivity contribution in [2.45, 2.75) is 26.4 Å². The minimum atomic E-state index is -0.702. The van der Waals surface area contributed by atoms with Crippen LogP contribution in [-0.4, -0.2) is 48.7 Å². The summed E-state index contributed by atoms with van der Waals surface area (Å²) in [5.41, 5.74) is 11.3. The minimum absolute atomic E-state index is 0.105. The monoisotopic (exact) mass is 394 g/mol. The van der Waals surface area contributed by atoms with E-state index in [0.717, 1.165) is 4.90 Å². The molecule has 0 radical (unpaired) electrons. The van der Waals surface area contributed by atoms with E-state index in [4.69, 9.17) is 22.0 Å². The lowest BCUT2D eigenvalue weighted by molar-refractivity contribution is -0.130. The molecule has 28 heavy (non-hydrogen) atoms. The van der Waals surface area contributed by atoms with E-state index in [-0.39, 0.29) is 31.9 Å². The summed E-state index contributed by atoms with van der Waals surface area (Å²) in [6, 6.07) is 4.36. The second kappa shape index (κ2) is 8.44. The molecule has 0 aliphatic carbocycles. The van der Waals surface area contributed by atoms with Crippen LogP contribution >= 0.6 is 0 Å². The number of hydrogen-bond acceptors (Lipinski definition) is 8. The summed E-state index contributed by atoms with van der Waals surface area (Å²) in [5, 5.41) is 1.17. The van der Waals surface area contributed by atoms with Gasteiger partial charge in [-0.1, -0.05) is 0 Å². The molecule has 0 bridgehead atoms. The highest BCUT2D eigenvalue weighted by molar-refractivity contribution is 5.95. The van der Waals surface area contributed by atoms with E-state index in [1.165, 1.54) is 23.3 Å². The van der Waals surface area contributed by atoms with Crippen LogP contribution in [0, 0.1) is 5.82 Å². The first-order valence-electron chi connectivity index (χ1n) is 8.80. The van der Waals surface area contributed by atoms with Crippen molar-refractivity contribution < 1.29 is 18.7 Å². The number of carbonyl (C=O) groups excluding carboxylic acids is 2. The Morgan fingerprint density at radius 3 is 2.57 bits per heavy atom. The number of benzene rings is 1. The average Bonchev–Trinajstić information content (AvgIpc) is 2.59. The Labute approximate surface area is 163 Å². The third-order valence-electron chi connectivity index (χ3n) is 3.95. The number of carbonyl (C=O) groups is 2. The van der Waals surface area contributed by atoms with Crippen molar-refractivity contribution in [3.8, 4) is 0 Å². The van der Waals surface area contributed by atoms with E-state index in [0.29, 0.717) is 11.4 Å². The molecule has 10 heteroatoms. The SMILES string of the molecule is CC(C)(C)OC(=O)N1CCN(c2ccc(N(N)/C=C(\N)CN)cc2F)CC1=O. The first-order chi connectivity index (χ1) is 13.0. The molecule has 6 N–H and O–H groups in total. The van der Waals surface area contributed by atoms with Crippen molar-refractivity contribution in [3.63, 3.8) is 0 Å². The van der Waals surface area contributed by atoms with Crippen LogP contribution in [-0.2, 0) is 9.53 Å². The molecule has 1 heterocycles. The van der Waals surface area contributed by atoms with Gasteiger partial charge in [0.15, 0.2) is 0 Å². The van der Waals surface area contributed by atoms with Gasteiger partial charge in [0.2, 0.25) is 0 Å². The normalized spacial score (nSPS) is 15.6. The van der Waals surface area contributed by atoms with Gasteiger partial charge in [0.25, 0.3) is 5.91 Å². The summed E-state index contributed by atoms with van der Waals surface area (Å²) in [5.74, 6) is 4.82. The first-order valence-corrected chi connectivity index (χ1v) is 8.80. The van der Waals surface area contributed by atoms with Crippen molar-refractivity contribution in [2.24, 2.45) is 17.3 Å². The molecule has 0 aromatic heterocycles.